The van der Waals surface area contributed by atoms with Crippen molar-refractivity contribution in [2.75, 3.05) is 0 Å². The first-order valence-corrected chi connectivity index (χ1v) is 10.0. The number of rotatable bonds is 1. The van der Waals surface area contributed by atoms with Crippen LogP contribution < -0.4 is 0 Å². The predicted octanol–water partition coefficient (Wildman–Crippen LogP) is 6.79. The smallest absolute Gasteiger partial charge is 0.0253 e. The van der Waals surface area contributed by atoms with E-state index in [1.165, 1.54) is 52.9 Å². The molecule has 0 heterocycles. The van der Waals surface area contributed by atoms with Gasteiger partial charge in [0.1, 0.15) is 0 Å². The number of unbranched alkanes of at least 4 members (excludes halogenated alkanes) is 1. The summed E-state index contributed by atoms with van der Waals surface area (Å²) in [7, 11) is 0. The summed E-state index contributed by atoms with van der Waals surface area (Å²) in [6.07, 6.45) is 13.3. The van der Waals surface area contributed by atoms with Crippen molar-refractivity contribution in [1.29, 1.82) is 0 Å². The van der Waals surface area contributed by atoms with Crippen LogP contribution in [0.3, 0.4) is 0 Å². The van der Waals surface area contributed by atoms with E-state index in [4.69, 9.17) is 0 Å². The van der Waals surface area contributed by atoms with Crippen LogP contribution in [-0.4, -0.2) is 4.21 Å². The van der Waals surface area contributed by atoms with Gasteiger partial charge in [-0.15, -0.1) is 36.8 Å². The maximum atomic E-state index is 3.60. The summed E-state index contributed by atoms with van der Waals surface area (Å²) in [5, 5.41) is 0. The van der Waals surface area contributed by atoms with Crippen LogP contribution in [0.4, 0.5) is 0 Å². The monoisotopic (exact) mass is 463 g/mol. The standard InChI is InChI=1S/C13H9.C5H5.C4H9.CH2.2ClH.Zr/c1-3-7-12-10(5-1)9-11-6-2-4-8-13(11)12;1-2-4-5-3-1;1-3-4-2;;;;/h1-5,7-8H,9H2;1-3H,4H2;1,3-4H2,2H3;1H2;2*1H;/q3*-1;;;;. The molecule has 0 nitrogen and oxygen atoms in total. The van der Waals surface area contributed by atoms with E-state index < -0.39 is 0 Å². The number of hydrogen-bond donors (Lipinski definition) is 0. The van der Waals surface area contributed by atoms with Crippen LogP contribution in [0.15, 0.2) is 60.7 Å². The van der Waals surface area contributed by atoms with E-state index in [9.17, 15) is 0 Å². The molecule has 0 atom stereocenters. The summed E-state index contributed by atoms with van der Waals surface area (Å²) >= 11 is 1.30. The van der Waals surface area contributed by atoms with Gasteiger partial charge in [-0.25, -0.2) is 12.2 Å². The van der Waals surface area contributed by atoms with Crippen molar-refractivity contribution in [3.63, 3.8) is 0 Å². The van der Waals surface area contributed by atoms with Crippen LogP contribution in [-0.2, 0) is 30.7 Å². The van der Waals surface area contributed by atoms with Gasteiger partial charge < -0.3 is 6.92 Å². The van der Waals surface area contributed by atoms with Gasteiger partial charge in [-0.05, 0) is 6.42 Å². The number of fused-ring (bicyclic) bond motifs is 3. The Hall–Kier alpha value is -0.747. The Morgan fingerprint density at radius 3 is 2.27 bits per heavy atom. The fourth-order valence-electron chi connectivity index (χ4n) is 2.34. The number of halogens is 2. The van der Waals surface area contributed by atoms with Crippen LogP contribution in [0.25, 0.3) is 11.1 Å². The molecule has 0 spiro atoms. The third kappa shape index (κ3) is 9.27. The Labute approximate surface area is 187 Å². The molecule has 2 aromatic carbocycles. The minimum Gasteiger partial charge on any atom is -0.179 e. The van der Waals surface area contributed by atoms with Crippen LogP contribution in [0, 0.1) is 19.1 Å². The van der Waals surface area contributed by atoms with Crippen molar-refractivity contribution < 1.29 is 24.2 Å². The third-order valence-electron chi connectivity index (χ3n) is 3.56. The zero-order chi connectivity index (χ0) is 17.6. The summed E-state index contributed by atoms with van der Waals surface area (Å²) < 4.78 is 3.34. The van der Waals surface area contributed by atoms with Crippen molar-refractivity contribution in [3.8, 4) is 11.1 Å². The average molecular weight is 466 g/mol. The first-order valence-electron chi connectivity index (χ1n) is 8.31. The molecule has 0 bridgehead atoms. The largest absolute Gasteiger partial charge is 0.179 e. The maximum absolute atomic E-state index is 3.60. The van der Waals surface area contributed by atoms with Gasteiger partial charge >= 0.3 is 28.4 Å². The first-order chi connectivity index (χ1) is 11.9. The zero-order valence-electron chi connectivity index (χ0n) is 15.3. The summed E-state index contributed by atoms with van der Waals surface area (Å²) in [6, 6.07) is 18.1. The summed E-state index contributed by atoms with van der Waals surface area (Å²) in [4.78, 5) is 0. The van der Waals surface area contributed by atoms with Crippen LogP contribution in [0.1, 0.15) is 37.3 Å². The molecule has 0 unspecified atom stereocenters. The fourth-order valence-corrected chi connectivity index (χ4v) is 2.34. The molecule has 4 rings (SSSR count). The van der Waals surface area contributed by atoms with E-state index >= 15 is 0 Å². The Kier molecular flexibility index (Phi) is 18.7. The number of hydrogen-bond acceptors (Lipinski definition) is 0. The van der Waals surface area contributed by atoms with Gasteiger partial charge in [0.05, 0.1) is 0 Å². The molecule has 2 aliphatic rings. The second-order valence-corrected chi connectivity index (χ2v) is 5.25. The molecule has 140 valence electrons. The van der Waals surface area contributed by atoms with Crippen molar-refractivity contribution in [1.82, 2.24) is 0 Å². The van der Waals surface area contributed by atoms with E-state index in [1.54, 1.807) is 0 Å². The average Bonchev–Trinajstić information content (AvgIpc) is 3.35. The molecule has 26 heavy (non-hydrogen) atoms. The van der Waals surface area contributed by atoms with Crippen molar-refractivity contribution >= 4 is 29.0 Å². The molecule has 0 radical (unpaired) electrons. The summed E-state index contributed by atoms with van der Waals surface area (Å²) in [6.45, 7) is 5.72. The minimum absolute atomic E-state index is 0. The topological polar surface area (TPSA) is 0 Å². The van der Waals surface area contributed by atoms with Gasteiger partial charge in [-0.3, -0.25) is 6.08 Å². The maximum Gasteiger partial charge on any atom is -0.0253 e. The molecule has 2 aromatic rings. The zero-order valence-corrected chi connectivity index (χ0v) is 19.4. The van der Waals surface area contributed by atoms with Gasteiger partial charge in [0.25, 0.3) is 0 Å². The first kappa shape index (κ1) is 27.5. The second kappa shape index (κ2) is 17.7. The van der Waals surface area contributed by atoms with E-state index in [0.29, 0.717) is 0 Å². The third-order valence-corrected chi connectivity index (χ3v) is 3.56. The SMILES string of the molecule is Cl.Cl.[C-]1=CC=CC1.[CH2-]CCC.[CH2]=[Zr].[c-]1cccc2c1Cc1ccccc1-2. The molecule has 0 amide bonds. The summed E-state index contributed by atoms with van der Waals surface area (Å²) in [5.41, 5.74) is 5.51. The molecule has 0 saturated heterocycles. The minimum atomic E-state index is 0. The Bertz CT molecular complexity index is 607. The van der Waals surface area contributed by atoms with E-state index in [-0.39, 0.29) is 24.8 Å². The Balaban J connectivity index is 0. The van der Waals surface area contributed by atoms with E-state index in [1.807, 2.05) is 18.2 Å². The molecule has 3 heteroatoms. The van der Waals surface area contributed by atoms with Crippen LogP contribution >= 0.6 is 24.8 Å². The molecule has 0 fully saturated rings. The molecule has 0 aliphatic heterocycles. The van der Waals surface area contributed by atoms with Gasteiger partial charge in [-0.2, -0.15) is 42.3 Å². The molecular weight excluding hydrogens is 438 g/mol. The number of benzene rings is 2. The van der Waals surface area contributed by atoms with Gasteiger partial charge in [-0.1, -0.05) is 48.7 Å². The van der Waals surface area contributed by atoms with Crippen molar-refractivity contribution in [2.24, 2.45) is 0 Å². The molecule has 2 aliphatic carbocycles. The second-order valence-electron chi connectivity index (χ2n) is 5.25. The van der Waals surface area contributed by atoms with Gasteiger partial charge in [0.15, 0.2) is 0 Å². The quantitative estimate of drug-likeness (QED) is 0.347. The normalized spacial score (nSPS) is 10.8. The fraction of sp³-hybridized carbons (Fsp3) is 0.217. The van der Waals surface area contributed by atoms with E-state index in [0.717, 1.165) is 19.3 Å². The molecule has 0 saturated carbocycles. The predicted molar refractivity (Wildman–Crippen MR) is 117 cm³/mol. The molecule has 0 N–H and O–H groups in total. The summed E-state index contributed by atoms with van der Waals surface area (Å²) in [5.74, 6) is 0. The van der Waals surface area contributed by atoms with Gasteiger partial charge in [0.2, 0.25) is 0 Å². The Morgan fingerprint density at radius 2 is 1.73 bits per heavy atom. The van der Waals surface area contributed by atoms with Crippen molar-refractivity contribution in [3.05, 3.63) is 90.9 Å². The molecular formula is C23H27Cl2Zr-3. The Morgan fingerprint density at radius 1 is 1.08 bits per heavy atom. The number of allylic oxidation sites excluding steroid dienone is 4. The van der Waals surface area contributed by atoms with E-state index in [2.05, 4.69) is 72.7 Å². The van der Waals surface area contributed by atoms with Crippen LogP contribution in [0.5, 0.6) is 0 Å². The molecule has 0 aromatic heterocycles. The van der Waals surface area contributed by atoms with Crippen molar-refractivity contribution in [2.45, 2.75) is 32.6 Å². The van der Waals surface area contributed by atoms with Crippen LogP contribution in [0.2, 0.25) is 0 Å². The van der Waals surface area contributed by atoms with Gasteiger partial charge in [0, 0.05) is 0 Å².